The molecule has 0 saturated carbocycles. The Labute approximate surface area is 179 Å². The number of para-hydroxylation sites is 1. The predicted molar refractivity (Wildman–Crippen MR) is 113 cm³/mol. The minimum absolute atomic E-state index is 0.0372. The van der Waals surface area contributed by atoms with Crippen molar-refractivity contribution in [3.8, 4) is 11.1 Å². The number of carbonyl (C=O) groups excluding carboxylic acids is 3. The molecule has 0 unspecified atom stereocenters. The number of nitrogens with zero attached hydrogens (tertiary/aromatic N) is 2. The molecule has 0 atom stereocenters. The van der Waals surface area contributed by atoms with Crippen molar-refractivity contribution in [3.05, 3.63) is 56.9 Å². The number of nitro groups is 1. The van der Waals surface area contributed by atoms with Gasteiger partial charge in [0.1, 0.15) is 5.56 Å². The van der Waals surface area contributed by atoms with E-state index < -0.39 is 42.4 Å². The second-order valence-electron chi connectivity index (χ2n) is 7.43. The maximum absolute atomic E-state index is 12.9. The smallest absolute Gasteiger partial charge is 0.344 e. The van der Waals surface area contributed by atoms with Gasteiger partial charge in [0.25, 0.3) is 5.69 Å². The Balaban J connectivity index is 3.07. The van der Waals surface area contributed by atoms with Crippen LogP contribution in [0.5, 0.6) is 0 Å². The number of pyridine rings is 1. The van der Waals surface area contributed by atoms with Crippen LogP contribution in [0.15, 0.2) is 24.3 Å². The molecule has 11 heteroatoms. The molecule has 0 aliphatic carbocycles. The Morgan fingerprint density at radius 2 is 1.52 bits per heavy atom. The number of hydrogen-bond acceptors (Lipinski definition) is 9. The van der Waals surface area contributed by atoms with Crippen molar-refractivity contribution in [1.29, 1.82) is 0 Å². The van der Waals surface area contributed by atoms with E-state index in [0.717, 1.165) is 14.2 Å². The Morgan fingerprint density at radius 1 is 0.968 bits per heavy atom. The molecule has 31 heavy (non-hydrogen) atoms. The summed E-state index contributed by atoms with van der Waals surface area (Å²) in [4.78, 5) is 53.4. The molecule has 0 bridgehead atoms. The zero-order valence-corrected chi connectivity index (χ0v) is 19.0. The highest BCUT2D eigenvalue weighted by atomic mass is 28.4. The molecule has 0 aliphatic heterocycles. The van der Waals surface area contributed by atoms with Crippen molar-refractivity contribution in [2.75, 3.05) is 14.2 Å². The molecule has 0 saturated heterocycles. The molecule has 0 amide bonds. The van der Waals surface area contributed by atoms with Gasteiger partial charge in [0, 0.05) is 11.6 Å². The average Bonchev–Trinajstić information content (AvgIpc) is 2.70. The van der Waals surface area contributed by atoms with Crippen molar-refractivity contribution in [3.63, 3.8) is 0 Å². The number of aryl methyl sites for hydroxylation is 1. The van der Waals surface area contributed by atoms with Crippen molar-refractivity contribution in [2.45, 2.75) is 26.6 Å². The van der Waals surface area contributed by atoms with Gasteiger partial charge < -0.3 is 13.9 Å². The molecule has 164 valence electrons. The lowest BCUT2D eigenvalue weighted by Crippen LogP contribution is -2.31. The van der Waals surface area contributed by atoms with Gasteiger partial charge >= 0.3 is 17.9 Å². The molecule has 0 fully saturated rings. The molecule has 2 aromatic rings. The van der Waals surface area contributed by atoms with E-state index in [1.165, 1.54) is 31.2 Å². The molecule has 0 radical (unpaired) electrons. The monoisotopic (exact) mass is 446 g/mol. The fraction of sp³-hybridized carbons (Fsp3) is 0.300. The molecule has 10 nitrogen and oxygen atoms in total. The van der Waals surface area contributed by atoms with Gasteiger partial charge in [-0.1, -0.05) is 12.1 Å². The second-order valence-corrected chi connectivity index (χ2v) is 11.9. The number of benzene rings is 1. The number of hydrogen-bond donors (Lipinski definition) is 0. The molecule has 1 aromatic carbocycles. The summed E-state index contributed by atoms with van der Waals surface area (Å²) in [5.74, 6) is -2.78. The summed E-state index contributed by atoms with van der Waals surface area (Å²) >= 11 is 0. The lowest BCUT2D eigenvalue weighted by atomic mass is 9.91. The number of ether oxygens (including phenoxy) is 2. The minimum Gasteiger partial charge on any atom is -0.515 e. The van der Waals surface area contributed by atoms with E-state index in [-0.39, 0.29) is 28.1 Å². The van der Waals surface area contributed by atoms with E-state index in [9.17, 15) is 24.5 Å². The third kappa shape index (κ3) is 4.94. The van der Waals surface area contributed by atoms with Crippen molar-refractivity contribution in [1.82, 2.24) is 4.98 Å². The zero-order chi connectivity index (χ0) is 23.5. The normalized spacial score (nSPS) is 10.9. The predicted octanol–water partition coefficient (Wildman–Crippen LogP) is 3.53. The zero-order valence-electron chi connectivity index (χ0n) is 18.0. The second kappa shape index (κ2) is 9.04. The number of methoxy groups -OCH3 is 2. The molecular formula is C20H22N2O8Si. The van der Waals surface area contributed by atoms with Gasteiger partial charge in [0.15, 0.2) is 5.69 Å². The summed E-state index contributed by atoms with van der Waals surface area (Å²) < 4.78 is 15.1. The number of carbonyl (C=O) groups is 3. The van der Waals surface area contributed by atoms with Crippen molar-refractivity contribution in [2.24, 2.45) is 0 Å². The van der Waals surface area contributed by atoms with Gasteiger partial charge in [0.2, 0.25) is 8.32 Å². The summed E-state index contributed by atoms with van der Waals surface area (Å²) in [6.07, 6.45) is 0. The van der Waals surface area contributed by atoms with Crippen LogP contribution in [0.25, 0.3) is 11.1 Å². The first-order valence-electron chi connectivity index (χ1n) is 9.11. The van der Waals surface area contributed by atoms with Gasteiger partial charge in [-0.25, -0.2) is 19.4 Å². The van der Waals surface area contributed by atoms with Gasteiger partial charge in [-0.15, -0.1) is 0 Å². The van der Waals surface area contributed by atoms with Crippen LogP contribution in [0, 0.1) is 17.0 Å². The molecule has 2 rings (SSSR count). The van der Waals surface area contributed by atoms with E-state index in [1.54, 1.807) is 19.6 Å². The number of esters is 2. The van der Waals surface area contributed by atoms with Crippen LogP contribution in [-0.2, 0) is 13.9 Å². The van der Waals surface area contributed by atoms with Gasteiger partial charge in [0.05, 0.1) is 36.0 Å². The minimum atomic E-state index is -2.40. The van der Waals surface area contributed by atoms with Crippen molar-refractivity contribution >= 4 is 31.9 Å². The first kappa shape index (κ1) is 23.7. The summed E-state index contributed by atoms with van der Waals surface area (Å²) in [5.41, 5.74) is -1.59. The number of aromatic nitrogens is 1. The van der Waals surface area contributed by atoms with E-state index in [4.69, 9.17) is 13.9 Å². The Morgan fingerprint density at radius 3 is 2.03 bits per heavy atom. The topological polar surface area (TPSA) is 135 Å². The van der Waals surface area contributed by atoms with Crippen LogP contribution >= 0.6 is 0 Å². The molecule has 1 aromatic heterocycles. The van der Waals surface area contributed by atoms with Crippen LogP contribution in [-0.4, -0.2) is 50.4 Å². The third-order valence-corrected chi connectivity index (χ3v) is 4.92. The number of nitro benzene ring substituents is 1. The Kier molecular flexibility index (Phi) is 6.90. The molecule has 0 N–H and O–H groups in total. The highest BCUT2D eigenvalue weighted by molar-refractivity contribution is 6.71. The van der Waals surface area contributed by atoms with Gasteiger partial charge in [-0.05, 0) is 32.6 Å². The lowest BCUT2D eigenvalue weighted by Gasteiger charge is -2.21. The van der Waals surface area contributed by atoms with Crippen LogP contribution in [0.1, 0.15) is 36.9 Å². The van der Waals surface area contributed by atoms with Crippen LogP contribution < -0.4 is 0 Å². The molecule has 0 spiro atoms. The Hall–Kier alpha value is -3.60. The maximum Gasteiger partial charge on any atom is 0.344 e. The maximum atomic E-state index is 12.9. The standard InChI is InChI=1S/C20H22N2O8Si/c1-11-14(18(23)28-2)15(12-9-7-8-10-13(12)22(26)27)16(19(24)29-3)17(21-11)20(25)30-31(4,5)6/h7-10H,1-6H3. The quantitative estimate of drug-likeness (QED) is 0.282. The number of rotatable bonds is 6. The fourth-order valence-corrected chi connectivity index (χ4v) is 3.60. The fourth-order valence-electron chi connectivity index (χ4n) is 2.94. The van der Waals surface area contributed by atoms with Crippen LogP contribution in [0.3, 0.4) is 0 Å². The van der Waals surface area contributed by atoms with Gasteiger partial charge in [-0.2, -0.15) is 0 Å². The molecule has 0 aliphatic rings. The van der Waals surface area contributed by atoms with Gasteiger partial charge in [-0.3, -0.25) is 10.1 Å². The summed E-state index contributed by atoms with van der Waals surface area (Å²) in [7, 11) is -0.196. The molecular weight excluding hydrogens is 424 g/mol. The lowest BCUT2D eigenvalue weighted by molar-refractivity contribution is -0.384. The van der Waals surface area contributed by atoms with E-state index in [2.05, 4.69) is 4.98 Å². The van der Waals surface area contributed by atoms with Crippen LogP contribution in [0.2, 0.25) is 19.6 Å². The first-order valence-corrected chi connectivity index (χ1v) is 12.5. The Bertz CT molecular complexity index is 1080. The van der Waals surface area contributed by atoms with Crippen LogP contribution in [0.4, 0.5) is 5.69 Å². The highest BCUT2D eigenvalue weighted by Gasteiger charge is 2.35. The third-order valence-electron chi connectivity index (χ3n) is 4.12. The average molecular weight is 446 g/mol. The first-order chi connectivity index (χ1) is 14.4. The summed E-state index contributed by atoms with van der Waals surface area (Å²) in [5, 5.41) is 11.7. The SMILES string of the molecule is COC(=O)c1c(C)nc(C(=O)O[Si](C)(C)C)c(C(=O)OC)c1-c1ccccc1[N+](=O)[O-]. The summed E-state index contributed by atoms with van der Waals surface area (Å²) in [6.45, 7) is 6.72. The van der Waals surface area contributed by atoms with Crippen molar-refractivity contribution < 1.29 is 33.2 Å². The van der Waals surface area contributed by atoms with E-state index in [1.807, 2.05) is 0 Å². The largest absolute Gasteiger partial charge is 0.515 e. The van der Waals surface area contributed by atoms with E-state index in [0.29, 0.717) is 0 Å². The highest BCUT2D eigenvalue weighted by Crippen LogP contribution is 2.38. The molecule has 1 heterocycles. The summed E-state index contributed by atoms with van der Waals surface area (Å²) in [6, 6.07) is 5.51. The van der Waals surface area contributed by atoms with E-state index >= 15 is 0 Å².